The van der Waals surface area contributed by atoms with E-state index in [2.05, 4.69) is 5.32 Å². The Labute approximate surface area is 190 Å². The number of carbonyl (C=O) groups is 1. The summed E-state index contributed by atoms with van der Waals surface area (Å²) in [6.07, 6.45) is 2.11. The van der Waals surface area contributed by atoms with Gasteiger partial charge in [0.15, 0.2) is 0 Å². The van der Waals surface area contributed by atoms with Gasteiger partial charge in [0.05, 0.1) is 27.4 Å². The van der Waals surface area contributed by atoms with Crippen LogP contribution in [-0.4, -0.2) is 34.5 Å². The number of anilines is 1. The first-order valence-corrected chi connectivity index (χ1v) is 11.5. The summed E-state index contributed by atoms with van der Waals surface area (Å²) < 4.78 is 50.7. The predicted molar refractivity (Wildman–Crippen MR) is 119 cm³/mol. The van der Waals surface area contributed by atoms with Crippen LogP contribution < -0.4 is 9.62 Å². The second-order valence-electron chi connectivity index (χ2n) is 6.83. The summed E-state index contributed by atoms with van der Waals surface area (Å²) in [5.74, 6) is -0.261. The molecule has 0 aliphatic heterocycles. The minimum Gasteiger partial charge on any atom is -0.467 e. The van der Waals surface area contributed by atoms with Gasteiger partial charge in [0.1, 0.15) is 18.2 Å². The third-order valence-electron chi connectivity index (χ3n) is 4.61. The van der Waals surface area contributed by atoms with Gasteiger partial charge in [-0.1, -0.05) is 11.6 Å². The van der Waals surface area contributed by atoms with E-state index >= 15 is 0 Å². The van der Waals surface area contributed by atoms with Crippen LogP contribution in [0.5, 0.6) is 0 Å². The van der Waals surface area contributed by atoms with E-state index in [1.165, 1.54) is 49.5 Å². The van der Waals surface area contributed by atoms with Gasteiger partial charge in [0, 0.05) is 20.2 Å². The Kier molecular flexibility index (Phi) is 7.89. The lowest BCUT2D eigenvalue weighted by atomic mass is 10.2. The van der Waals surface area contributed by atoms with Crippen molar-refractivity contribution in [2.45, 2.75) is 17.9 Å². The molecule has 0 unspecified atom stereocenters. The maximum atomic E-state index is 13.2. The molecular weight excluding hydrogens is 459 g/mol. The number of halogens is 2. The monoisotopic (exact) mass is 480 g/mol. The summed E-state index contributed by atoms with van der Waals surface area (Å²) in [5, 5.41) is 2.83. The van der Waals surface area contributed by atoms with Crippen molar-refractivity contribution in [3.63, 3.8) is 0 Å². The van der Waals surface area contributed by atoms with Gasteiger partial charge in [-0.15, -0.1) is 0 Å². The number of benzene rings is 2. The van der Waals surface area contributed by atoms with Gasteiger partial charge in [0.25, 0.3) is 15.9 Å². The molecule has 0 fully saturated rings. The van der Waals surface area contributed by atoms with Crippen LogP contribution in [0.15, 0.2) is 70.2 Å². The first kappa shape index (κ1) is 23.8. The Bertz CT molecular complexity index is 1150. The highest BCUT2D eigenvalue weighted by atomic mass is 35.5. The van der Waals surface area contributed by atoms with E-state index in [1.807, 2.05) is 0 Å². The van der Waals surface area contributed by atoms with Gasteiger partial charge in [0.2, 0.25) is 0 Å². The first-order chi connectivity index (χ1) is 15.3. The average molecular weight is 481 g/mol. The fourth-order valence-electron chi connectivity index (χ4n) is 2.83. The minimum atomic E-state index is -3.99. The third kappa shape index (κ3) is 5.87. The number of hydrogen-bond donors (Lipinski definition) is 1. The number of rotatable bonds is 10. The predicted octanol–water partition coefficient (Wildman–Crippen LogP) is 4.23. The molecule has 1 heterocycles. The maximum Gasteiger partial charge on any atom is 0.264 e. The van der Waals surface area contributed by atoms with Gasteiger partial charge in [-0.25, -0.2) is 12.8 Å². The summed E-state index contributed by atoms with van der Waals surface area (Å²) in [4.78, 5) is 12.4. The third-order valence-corrected chi connectivity index (χ3v) is 6.72. The highest BCUT2D eigenvalue weighted by Crippen LogP contribution is 2.26. The molecule has 0 aliphatic carbocycles. The molecule has 7 nitrogen and oxygen atoms in total. The lowest BCUT2D eigenvalue weighted by molar-refractivity contribution is 0.0917. The normalized spacial score (nSPS) is 11.3. The number of sulfonamides is 1. The van der Waals surface area contributed by atoms with Crippen LogP contribution in [-0.2, 0) is 21.4 Å². The van der Waals surface area contributed by atoms with Gasteiger partial charge in [-0.2, -0.15) is 0 Å². The van der Waals surface area contributed by atoms with Gasteiger partial charge >= 0.3 is 0 Å². The summed E-state index contributed by atoms with van der Waals surface area (Å²) >= 11 is 6.13. The summed E-state index contributed by atoms with van der Waals surface area (Å²) in [6.45, 7) is 1.07. The van der Waals surface area contributed by atoms with Crippen LogP contribution >= 0.6 is 11.6 Å². The molecule has 0 atom stereocenters. The lowest BCUT2D eigenvalue weighted by Gasteiger charge is -2.20. The topological polar surface area (TPSA) is 88.9 Å². The standard InChI is InChI=1S/C22H22ClFN2O5S/c1-26(17-7-5-16(24)6-8-17)32(28,29)19-9-10-21(23)20(14-19)22(27)25-11-3-12-30-15-18-4-2-13-31-18/h2,4-10,13-14H,3,11-12,15H2,1H3,(H,25,27). The van der Waals surface area contributed by atoms with Crippen LogP contribution in [0.1, 0.15) is 22.5 Å². The van der Waals surface area contributed by atoms with Gasteiger partial charge in [-0.05, 0) is 61.0 Å². The van der Waals surface area contributed by atoms with E-state index in [0.29, 0.717) is 31.9 Å². The minimum absolute atomic E-state index is 0.0387. The zero-order valence-electron chi connectivity index (χ0n) is 17.3. The SMILES string of the molecule is CN(c1ccc(F)cc1)S(=O)(=O)c1ccc(Cl)c(C(=O)NCCCOCc2ccco2)c1. The summed E-state index contributed by atoms with van der Waals surface area (Å²) in [5.41, 5.74) is 0.318. The van der Waals surface area contributed by atoms with Gasteiger partial charge < -0.3 is 14.5 Å². The van der Waals surface area contributed by atoms with Crippen molar-refractivity contribution < 1.29 is 26.8 Å². The van der Waals surface area contributed by atoms with Crippen LogP contribution in [0.25, 0.3) is 0 Å². The smallest absolute Gasteiger partial charge is 0.264 e. The molecule has 10 heteroatoms. The molecule has 1 amide bonds. The second-order valence-corrected chi connectivity index (χ2v) is 9.21. The van der Waals surface area contributed by atoms with Crippen molar-refractivity contribution >= 4 is 33.2 Å². The van der Waals surface area contributed by atoms with Crippen LogP contribution in [0, 0.1) is 5.82 Å². The number of furan rings is 1. The van der Waals surface area contributed by atoms with Crippen LogP contribution in [0.3, 0.4) is 0 Å². The number of amides is 1. The van der Waals surface area contributed by atoms with Crippen molar-refractivity contribution in [3.8, 4) is 0 Å². The Morgan fingerprint density at radius 2 is 1.94 bits per heavy atom. The largest absolute Gasteiger partial charge is 0.467 e. The fraction of sp³-hybridized carbons (Fsp3) is 0.227. The second kappa shape index (κ2) is 10.6. The molecule has 0 saturated heterocycles. The number of nitrogens with one attached hydrogen (secondary N) is 1. The number of ether oxygens (including phenoxy) is 1. The Morgan fingerprint density at radius 1 is 1.19 bits per heavy atom. The van der Waals surface area contributed by atoms with Crippen molar-refractivity contribution in [1.29, 1.82) is 0 Å². The molecule has 0 radical (unpaired) electrons. The van der Waals surface area contributed by atoms with E-state index in [-0.39, 0.29) is 21.2 Å². The van der Waals surface area contributed by atoms with E-state index < -0.39 is 21.7 Å². The average Bonchev–Trinajstić information content (AvgIpc) is 3.29. The van der Waals surface area contributed by atoms with E-state index in [4.69, 9.17) is 20.8 Å². The zero-order chi connectivity index (χ0) is 23.1. The molecule has 2 aromatic carbocycles. The molecule has 32 heavy (non-hydrogen) atoms. The quantitative estimate of drug-likeness (QED) is 0.438. The Morgan fingerprint density at radius 3 is 2.62 bits per heavy atom. The van der Waals surface area contributed by atoms with Crippen molar-refractivity contribution in [2.75, 3.05) is 24.5 Å². The maximum absolute atomic E-state index is 13.2. The fourth-order valence-corrected chi connectivity index (χ4v) is 4.25. The van der Waals surface area contributed by atoms with Crippen molar-refractivity contribution in [3.05, 3.63) is 83.0 Å². The van der Waals surface area contributed by atoms with E-state index in [9.17, 15) is 17.6 Å². The number of hydrogen-bond acceptors (Lipinski definition) is 5. The molecule has 3 rings (SSSR count). The first-order valence-electron chi connectivity index (χ1n) is 9.71. The van der Waals surface area contributed by atoms with Crippen molar-refractivity contribution in [1.82, 2.24) is 5.32 Å². The summed E-state index contributed by atoms with van der Waals surface area (Å²) in [6, 6.07) is 12.5. The van der Waals surface area contributed by atoms with Crippen molar-refractivity contribution in [2.24, 2.45) is 0 Å². The molecule has 170 valence electrons. The highest BCUT2D eigenvalue weighted by Gasteiger charge is 2.23. The number of carbonyl (C=O) groups excluding carboxylic acids is 1. The lowest BCUT2D eigenvalue weighted by Crippen LogP contribution is -2.28. The molecule has 0 spiro atoms. The molecule has 0 saturated carbocycles. The van der Waals surface area contributed by atoms with Crippen LogP contribution in [0.4, 0.5) is 10.1 Å². The Hall–Kier alpha value is -2.88. The van der Waals surface area contributed by atoms with Crippen LogP contribution in [0.2, 0.25) is 5.02 Å². The zero-order valence-corrected chi connectivity index (χ0v) is 18.8. The Balaban J connectivity index is 1.61. The molecule has 0 aliphatic rings. The number of nitrogens with zero attached hydrogens (tertiary/aromatic N) is 1. The highest BCUT2D eigenvalue weighted by molar-refractivity contribution is 7.92. The summed E-state index contributed by atoms with van der Waals surface area (Å²) in [7, 11) is -2.64. The van der Waals surface area contributed by atoms with E-state index in [1.54, 1.807) is 18.4 Å². The van der Waals surface area contributed by atoms with E-state index in [0.717, 1.165) is 4.31 Å². The molecular formula is C22H22ClFN2O5S. The molecule has 1 N–H and O–H groups in total. The molecule has 3 aromatic rings. The van der Waals surface area contributed by atoms with Gasteiger partial charge in [-0.3, -0.25) is 9.10 Å². The molecule has 0 bridgehead atoms. The molecule has 1 aromatic heterocycles.